The molecule has 2 unspecified atom stereocenters. The Balaban J connectivity index is 1.60. The van der Waals surface area contributed by atoms with E-state index in [0.29, 0.717) is 0 Å². The lowest BCUT2D eigenvalue weighted by atomic mass is 9.92. The maximum absolute atomic E-state index is 5.89. The maximum atomic E-state index is 5.89. The largest absolute Gasteiger partial charge is 0.375 e. The fourth-order valence-electron chi connectivity index (χ4n) is 3.82. The molecule has 3 heteroatoms. The van der Waals surface area contributed by atoms with Crippen LogP contribution in [0.3, 0.4) is 0 Å². The van der Waals surface area contributed by atoms with Gasteiger partial charge in [0.1, 0.15) is 0 Å². The summed E-state index contributed by atoms with van der Waals surface area (Å²) in [6.45, 7) is 7.94. The molecule has 1 saturated carbocycles. The summed E-state index contributed by atoms with van der Waals surface area (Å²) in [4.78, 5) is 2.83. The van der Waals surface area contributed by atoms with E-state index in [2.05, 4.69) is 24.1 Å². The maximum Gasteiger partial charge on any atom is 0.0641 e. The molecular weight excluding hydrogens is 236 g/mol. The van der Waals surface area contributed by atoms with Gasteiger partial charge < -0.3 is 10.1 Å². The minimum absolute atomic E-state index is 0.0794. The van der Waals surface area contributed by atoms with Crippen molar-refractivity contribution < 1.29 is 4.74 Å². The molecule has 2 atom stereocenters. The van der Waals surface area contributed by atoms with Gasteiger partial charge in [-0.1, -0.05) is 6.42 Å². The molecule has 1 aliphatic carbocycles. The Morgan fingerprint density at radius 3 is 2.58 bits per heavy atom. The van der Waals surface area contributed by atoms with Crippen molar-refractivity contribution >= 4 is 0 Å². The van der Waals surface area contributed by atoms with E-state index in [1.54, 1.807) is 0 Å². The lowest BCUT2D eigenvalue weighted by Gasteiger charge is -2.43. The predicted octanol–water partition coefficient (Wildman–Crippen LogP) is 2.55. The molecule has 0 amide bonds. The van der Waals surface area contributed by atoms with Gasteiger partial charge in [-0.15, -0.1) is 0 Å². The average Bonchev–Trinajstić information content (AvgIpc) is 3.20. The van der Waals surface area contributed by atoms with Gasteiger partial charge in [-0.2, -0.15) is 0 Å². The van der Waals surface area contributed by atoms with Gasteiger partial charge in [0.25, 0.3) is 0 Å². The molecule has 0 bridgehead atoms. The Labute approximate surface area is 118 Å². The van der Waals surface area contributed by atoms with E-state index in [1.165, 1.54) is 58.0 Å². The third-order valence-electron chi connectivity index (χ3n) is 5.00. The minimum atomic E-state index is 0.0794. The topological polar surface area (TPSA) is 24.5 Å². The lowest BCUT2D eigenvalue weighted by Crippen LogP contribution is -2.52. The molecule has 0 aromatic rings. The van der Waals surface area contributed by atoms with Crippen LogP contribution >= 0.6 is 0 Å². The molecule has 0 aromatic carbocycles. The third kappa shape index (κ3) is 3.71. The van der Waals surface area contributed by atoms with Crippen molar-refractivity contribution in [3.63, 3.8) is 0 Å². The Morgan fingerprint density at radius 2 is 1.95 bits per heavy atom. The zero-order chi connectivity index (χ0) is 13.3. The molecule has 3 aliphatic rings. The first-order valence-corrected chi connectivity index (χ1v) is 8.27. The average molecular weight is 266 g/mol. The molecule has 0 spiro atoms. The van der Waals surface area contributed by atoms with Crippen LogP contribution < -0.4 is 5.32 Å². The lowest BCUT2D eigenvalue weighted by molar-refractivity contribution is -0.0857. The summed E-state index contributed by atoms with van der Waals surface area (Å²) in [5.74, 6) is 0. The van der Waals surface area contributed by atoms with Gasteiger partial charge in [0, 0.05) is 31.3 Å². The minimum Gasteiger partial charge on any atom is -0.375 e. The van der Waals surface area contributed by atoms with E-state index in [1.807, 2.05) is 0 Å². The van der Waals surface area contributed by atoms with Crippen LogP contribution in [0.15, 0.2) is 0 Å². The summed E-state index contributed by atoms with van der Waals surface area (Å²) >= 11 is 0. The van der Waals surface area contributed by atoms with E-state index in [0.717, 1.165) is 24.7 Å². The van der Waals surface area contributed by atoms with E-state index in [4.69, 9.17) is 4.74 Å². The number of hydrogen-bond donors (Lipinski definition) is 1. The van der Waals surface area contributed by atoms with Crippen LogP contribution in [0, 0.1) is 0 Å². The van der Waals surface area contributed by atoms with Gasteiger partial charge in [0.15, 0.2) is 0 Å². The van der Waals surface area contributed by atoms with Crippen molar-refractivity contribution in [1.82, 2.24) is 10.2 Å². The molecule has 2 saturated heterocycles. The SMILES string of the molecule is CC1(C)CC(N(CC2CCCCN2)C2CC2)CCO1. The number of hydrogen-bond acceptors (Lipinski definition) is 3. The summed E-state index contributed by atoms with van der Waals surface area (Å²) in [7, 11) is 0. The number of piperidine rings is 1. The van der Waals surface area contributed by atoms with Crippen molar-refractivity contribution in [3.8, 4) is 0 Å². The summed E-state index contributed by atoms with van der Waals surface area (Å²) in [5, 5.41) is 3.72. The van der Waals surface area contributed by atoms with Gasteiger partial charge in [0.2, 0.25) is 0 Å². The van der Waals surface area contributed by atoms with Crippen LogP contribution in [-0.2, 0) is 4.74 Å². The number of rotatable bonds is 4. The Hall–Kier alpha value is -0.120. The Kier molecular flexibility index (Phi) is 4.16. The van der Waals surface area contributed by atoms with Crippen LogP contribution in [0.4, 0.5) is 0 Å². The summed E-state index contributed by atoms with van der Waals surface area (Å²) < 4.78 is 5.89. The molecule has 1 N–H and O–H groups in total. The fourth-order valence-corrected chi connectivity index (χ4v) is 3.82. The molecule has 3 nitrogen and oxygen atoms in total. The second-order valence-electron chi connectivity index (χ2n) is 7.33. The highest BCUT2D eigenvalue weighted by atomic mass is 16.5. The van der Waals surface area contributed by atoms with Crippen molar-refractivity contribution in [2.75, 3.05) is 19.7 Å². The quantitative estimate of drug-likeness (QED) is 0.846. The Bertz CT molecular complexity index is 295. The van der Waals surface area contributed by atoms with Gasteiger partial charge in [-0.05, 0) is 58.9 Å². The van der Waals surface area contributed by atoms with Crippen molar-refractivity contribution in [3.05, 3.63) is 0 Å². The van der Waals surface area contributed by atoms with Crippen LogP contribution in [-0.4, -0.2) is 48.3 Å². The number of nitrogens with zero attached hydrogens (tertiary/aromatic N) is 1. The molecule has 3 fully saturated rings. The molecule has 0 aromatic heterocycles. The number of nitrogens with one attached hydrogen (secondary N) is 1. The van der Waals surface area contributed by atoms with Crippen LogP contribution in [0.1, 0.15) is 58.8 Å². The Morgan fingerprint density at radius 1 is 1.11 bits per heavy atom. The molecule has 2 heterocycles. The smallest absolute Gasteiger partial charge is 0.0641 e. The fraction of sp³-hybridized carbons (Fsp3) is 1.00. The molecule has 3 rings (SSSR count). The molecule has 0 radical (unpaired) electrons. The van der Waals surface area contributed by atoms with Gasteiger partial charge in [0.05, 0.1) is 5.60 Å². The first-order chi connectivity index (χ1) is 9.14. The van der Waals surface area contributed by atoms with Crippen molar-refractivity contribution in [2.45, 2.75) is 82.5 Å². The van der Waals surface area contributed by atoms with Gasteiger partial charge in [-0.25, -0.2) is 0 Å². The standard InChI is InChI=1S/C16H30N2O/c1-16(2)11-15(8-10-19-16)18(14-6-7-14)12-13-5-3-4-9-17-13/h13-15,17H,3-12H2,1-2H3. The first-order valence-electron chi connectivity index (χ1n) is 8.27. The zero-order valence-electron chi connectivity index (χ0n) is 12.7. The highest BCUT2D eigenvalue weighted by molar-refractivity contribution is 4.95. The summed E-state index contributed by atoms with van der Waals surface area (Å²) in [6.07, 6.45) is 9.42. The third-order valence-corrected chi connectivity index (χ3v) is 5.00. The monoisotopic (exact) mass is 266 g/mol. The molecule has 2 aliphatic heterocycles. The van der Waals surface area contributed by atoms with Crippen LogP contribution in [0.5, 0.6) is 0 Å². The zero-order valence-corrected chi connectivity index (χ0v) is 12.7. The van der Waals surface area contributed by atoms with Crippen LogP contribution in [0.2, 0.25) is 0 Å². The van der Waals surface area contributed by atoms with Gasteiger partial charge in [-0.3, -0.25) is 4.90 Å². The highest BCUT2D eigenvalue weighted by Crippen LogP contribution is 2.35. The van der Waals surface area contributed by atoms with E-state index >= 15 is 0 Å². The normalized spacial score (nSPS) is 35.5. The number of ether oxygens (including phenoxy) is 1. The first kappa shape index (κ1) is 13.8. The van der Waals surface area contributed by atoms with Crippen molar-refractivity contribution in [1.29, 1.82) is 0 Å². The second kappa shape index (κ2) is 5.71. The van der Waals surface area contributed by atoms with E-state index < -0.39 is 0 Å². The summed E-state index contributed by atoms with van der Waals surface area (Å²) in [6, 6.07) is 2.36. The predicted molar refractivity (Wildman–Crippen MR) is 78.4 cm³/mol. The van der Waals surface area contributed by atoms with E-state index in [9.17, 15) is 0 Å². The second-order valence-corrected chi connectivity index (χ2v) is 7.33. The van der Waals surface area contributed by atoms with Crippen LogP contribution in [0.25, 0.3) is 0 Å². The van der Waals surface area contributed by atoms with Crippen molar-refractivity contribution in [2.24, 2.45) is 0 Å². The molecular formula is C16H30N2O. The van der Waals surface area contributed by atoms with E-state index in [-0.39, 0.29) is 5.60 Å². The summed E-state index contributed by atoms with van der Waals surface area (Å²) in [5.41, 5.74) is 0.0794. The van der Waals surface area contributed by atoms with Gasteiger partial charge >= 0.3 is 0 Å². The molecule has 110 valence electrons. The molecule has 19 heavy (non-hydrogen) atoms. The highest BCUT2D eigenvalue weighted by Gasteiger charge is 2.39.